The van der Waals surface area contributed by atoms with Crippen molar-refractivity contribution in [3.8, 4) is 5.75 Å². The third kappa shape index (κ3) is 4.28. The fourth-order valence-corrected chi connectivity index (χ4v) is 3.73. The molecule has 0 spiro atoms. The second-order valence-electron chi connectivity index (χ2n) is 6.71. The quantitative estimate of drug-likeness (QED) is 0.560. The first-order valence-corrected chi connectivity index (χ1v) is 9.67. The van der Waals surface area contributed by atoms with Gasteiger partial charge in [0.15, 0.2) is 5.11 Å². The lowest BCUT2D eigenvalue weighted by atomic mass is 9.94. The molecule has 0 radical (unpaired) electrons. The van der Waals surface area contributed by atoms with Gasteiger partial charge >= 0.3 is 5.97 Å². The summed E-state index contributed by atoms with van der Waals surface area (Å²) in [4.78, 5) is 25.7. The predicted octanol–water partition coefficient (Wildman–Crippen LogP) is 3.54. The summed E-state index contributed by atoms with van der Waals surface area (Å²) in [5.74, 6) is 0.124. The van der Waals surface area contributed by atoms with Crippen molar-refractivity contribution < 1.29 is 19.1 Å². The Kier molecular flexibility index (Phi) is 6.37. The highest BCUT2D eigenvalue weighted by atomic mass is 32.1. The zero-order chi connectivity index (χ0) is 21.8. The molecule has 0 saturated carbocycles. The van der Waals surface area contributed by atoms with E-state index in [0.717, 1.165) is 17.0 Å². The molecule has 3 rings (SSSR count). The van der Waals surface area contributed by atoms with Crippen LogP contribution in [0.3, 0.4) is 0 Å². The maximum absolute atomic E-state index is 12.7. The smallest absolute Gasteiger partial charge is 0.337 e. The van der Waals surface area contributed by atoms with Gasteiger partial charge in [-0.1, -0.05) is 12.1 Å². The molecule has 0 fully saturated rings. The number of carbonyl (C=O) groups excluding carboxylic acids is 2. The Hall–Kier alpha value is -3.39. The van der Waals surface area contributed by atoms with E-state index in [0.29, 0.717) is 22.1 Å². The maximum Gasteiger partial charge on any atom is 0.337 e. The zero-order valence-electron chi connectivity index (χ0n) is 17.2. The second-order valence-corrected chi connectivity index (χ2v) is 7.10. The Balaban J connectivity index is 2.03. The minimum atomic E-state index is -0.481. The van der Waals surface area contributed by atoms with Crippen LogP contribution in [0, 0.1) is 0 Å². The van der Waals surface area contributed by atoms with E-state index in [4.69, 9.17) is 21.7 Å². The molecule has 1 aliphatic heterocycles. The van der Waals surface area contributed by atoms with Gasteiger partial charge in [0, 0.05) is 24.0 Å². The lowest BCUT2D eigenvalue weighted by molar-refractivity contribution is -0.136. The number of methoxy groups -OCH3 is 2. The van der Waals surface area contributed by atoms with Crippen molar-refractivity contribution in [1.82, 2.24) is 5.32 Å². The molecule has 0 aromatic heterocycles. The molecule has 8 heteroatoms. The van der Waals surface area contributed by atoms with Gasteiger partial charge in [-0.2, -0.15) is 0 Å². The van der Waals surface area contributed by atoms with Gasteiger partial charge in [-0.3, -0.25) is 9.69 Å². The normalized spacial score (nSPS) is 16.1. The first-order chi connectivity index (χ1) is 14.3. The van der Waals surface area contributed by atoms with Crippen LogP contribution in [0.5, 0.6) is 5.75 Å². The third-order valence-electron chi connectivity index (χ3n) is 4.79. The Morgan fingerprint density at radius 1 is 1.07 bits per heavy atom. The number of nitrogens with one attached hydrogen (secondary N) is 2. The molecule has 30 heavy (non-hydrogen) atoms. The number of rotatable bonds is 5. The fourth-order valence-electron chi connectivity index (χ4n) is 3.37. The van der Waals surface area contributed by atoms with Crippen LogP contribution in [-0.2, 0) is 14.3 Å². The molecule has 0 saturated heterocycles. The lowest BCUT2D eigenvalue weighted by Gasteiger charge is -2.37. The van der Waals surface area contributed by atoms with Gasteiger partial charge in [-0.05, 0) is 61.1 Å². The maximum atomic E-state index is 12.7. The third-order valence-corrected chi connectivity index (χ3v) is 5.09. The van der Waals surface area contributed by atoms with Crippen LogP contribution in [0.1, 0.15) is 25.5 Å². The molecule has 2 aromatic carbocycles. The van der Waals surface area contributed by atoms with E-state index < -0.39 is 12.0 Å². The Morgan fingerprint density at radius 2 is 1.70 bits per heavy atom. The van der Waals surface area contributed by atoms with Gasteiger partial charge in [-0.15, -0.1) is 0 Å². The number of hydrogen-bond donors (Lipinski definition) is 2. The summed E-state index contributed by atoms with van der Waals surface area (Å²) in [5, 5.41) is 6.43. The number of hydrogen-bond acceptors (Lipinski definition) is 5. The molecule has 1 heterocycles. The second kappa shape index (κ2) is 8.96. The van der Waals surface area contributed by atoms with Crippen LogP contribution in [0.2, 0.25) is 0 Å². The van der Waals surface area contributed by atoms with Crippen LogP contribution in [0.25, 0.3) is 0 Å². The number of ether oxygens (including phenoxy) is 2. The van der Waals surface area contributed by atoms with Crippen LogP contribution >= 0.6 is 12.2 Å². The van der Waals surface area contributed by atoms with Crippen molar-refractivity contribution in [2.75, 3.05) is 24.4 Å². The molecule has 0 aliphatic carbocycles. The molecule has 7 nitrogen and oxygen atoms in total. The van der Waals surface area contributed by atoms with Crippen molar-refractivity contribution in [3.05, 3.63) is 65.4 Å². The monoisotopic (exact) mass is 425 g/mol. The molecule has 1 unspecified atom stereocenters. The summed E-state index contributed by atoms with van der Waals surface area (Å²) < 4.78 is 10.3. The van der Waals surface area contributed by atoms with Gasteiger partial charge in [0.05, 0.1) is 25.8 Å². The summed E-state index contributed by atoms with van der Waals surface area (Å²) in [6.07, 6.45) is 0. The van der Waals surface area contributed by atoms with Crippen LogP contribution in [0.15, 0.2) is 59.8 Å². The SMILES string of the molecule is COC(=O)C1=C(C)N(c2ccc(OC)cc2)C(=S)NC1c1ccc(NC(C)=O)cc1. The molecule has 1 aliphatic rings. The number of nitrogens with zero attached hydrogens (tertiary/aromatic N) is 1. The fraction of sp³-hybridized carbons (Fsp3) is 0.227. The first kappa shape index (κ1) is 21.3. The van der Waals surface area contributed by atoms with Gasteiger partial charge in [0.1, 0.15) is 5.75 Å². The van der Waals surface area contributed by atoms with E-state index in [2.05, 4.69) is 10.6 Å². The van der Waals surface area contributed by atoms with E-state index in [-0.39, 0.29) is 5.91 Å². The van der Waals surface area contributed by atoms with E-state index in [9.17, 15) is 9.59 Å². The Labute approximate surface area is 180 Å². The molecule has 1 atom stereocenters. The van der Waals surface area contributed by atoms with Crippen molar-refractivity contribution in [1.29, 1.82) is 0 Å². The number of allylic oxidation sites excluding steroid dienone is 1. The number of benzene rings is 2. The highest BCUT2D eigenvalue weighted by Crippen LogP contribution is 2.35. The molecule has 1 amide bonds. The van der Waals surface area contributed by atoms with Crippen LogP contribution in [0.4, 0.5) is 11.4 Å². The number of anilines is 2. The summed E-state index contributed by atoms with van der Waals surface area (Å²) >= 11 is 5.62. The average Bonchev–Trinajstić information content (AvgIpc) is 2.73. The summed E-state index contributed by atoms with van der Waals surface area (Å²) in [6.45, 7) is 3.28. The average molecular weight is 426 g/mol. The summed E-state index contributed by atoms with van der Waals surface area (Å²) in [5.41, 5.74) is 3.41. The van der Waals surface area contributed by atoms with Gasteiger partial charge in [0.25, 0.3) is 0 Å². The largest absolute Gasteiger partial charge is 0.497 e. The highest BCUT2D eigenvalue weighted by Gasteiger charge is 2.35. The predicted molar refractivity (Wildman–Crippen MR) is 119 cm³/mol. The summed E-state index contributed by atoms with van der Waals surface area (Å²) in [6, 6.07) is 14.2. The Bertz CT molecular complexity index is 1000. The minimum absolute atomic E-state index is 0.152. The van der Waals surface area contributed by atoms with E-state index in [1.165, 1.54) is 14.0 Å². The van der Waals surface area contributed by atoms with Gasteiger partial charge in [-0.25, -0.2) is 4.79 Å². The van der Waals surface area contributed by atoms with Crippen molar-refractivity contribution >= 4 is 40.6 Å². The van der Waals surface area contributed by atoms with Crippen LogP contribution in [-0.4, -0.2) is 31.2 Å². The number of carbonyl (C=O) groups is 2. The molecular formula is C22H23N3O4S. The number of amides is 1. The van der Waals surface area contributed by atoms with Gasteiger partial charge in [0.2, 0.25) is 5.91 Å². The van der Waals surface area contributed by atoms with Crippen molar-refractivity contribution in [2.24, 2.45) is 0 Å². The lowest BCUT2D eigenvalue weighted by Crippen LogP contribution is -2.48. The van der Waals surface area contributed by atoms with Crippen LogP contribution < -0.4 is 20.3 Å². The van der Waals surface area contributed by atoms with Crippen molar-refractivity contribution in [3.63, 3.8) is 0 Å². The highest BCUT2D eigenvalue weighted by molar-refractivity contribution is 7.80. The topological polar surface area (TPSA) is 79.9 Å². The number of thiocarbonyl (C=S) groups is 1. The van der Waals surface area contributed by atoms with Gasteiger partial charge < -0.3 is 20.1 Å². The number of esters is 1. The molecule has 0 bridgehead atoms. The zero-order valence-corrected chi connectivity index (χ0v) is 18.0. The molecular weight excluding hydrogens is 402 g/mol. The molecule has 2 N–H and O–H groups in total. The molecule has 2 aromatic rings. The van der Waals surface area contributed by atoms with Crippen molar-refractivity contribution in [2.45, 2.75) is 19.9 Å². The minimum Gasteiger partial charge on any atom is -0.497 e. The van der Waals surface area contributed by atoms with E-state index in [1.54, 1.807) is 24.1 Å². The van der Waals surface area contributed by atoms with E-state index >= 15 is 0 Å². The Morgan fingerprint density at radius 3 is 2.23 bits per heavy atom. The van der Waals surface area contributed by atoms with E-state index in [1.807, 2.05) is 43.3 Å². The molecule has 156 valence electrons. The standard InChI is InChI=1S/C22H23N3O4S/c1-13-19(21(27)29-4)20(15-5-7-16(8-6-15)23-14(2)26)24-22(30)25(13)17-9-11-18(28-3)12-10-17/h5-12,20H,1-4H3,(H,23,26)(H,24,30). The summed E-state index contributed by atoms with van der Waals surface area (Å²) in [7, 11) is 2.95. The first-order valence-electron chi connectivity index (χ1n) is 9.27.